The molecule has 5 heteroatoms. The third-order valence-corrected chi connectivity index (χ3v) is 9.23. The number of para-hydroxylation sites is 1. The van der Waals surface area contributed by atoms with Gasteiger partial charge in [0.05, 0.1) is 33.5 Å². The molecule has 0 aliphatic carbocycles. The number of hydrogen-bond donors (Lipinski definition) is 0. The summed E-state index contributed by atoms with van der Waals surface area (Å²) in [6, 6.07) is 50.0. The largest absolute Gasteiger partial charge is 0.308 e. The Hall–Kier alpha value is -6.59. The lowest BCUT2D eigenvalue weighted by molar-refractivity contribution is 0.0926. The van der Waals surface area contributed by atoms with Gasteiger partial charge in [0.15, 0.2) is 0 Å². The summed E-state index contributed by atoms with van der Waals surface area (Å²) in [7, 11) is 0. The number of amides is 2. The first kappa shape index (κ1) is 27.7. The van der Waals surface area contributed by atoms with Crippen LogP contribution in [0.2, 0.25) is 0 Å². The molecular weight excluding hydrogens is 590 g/mol. The Balaban J connectivity index is 1.25. The fourth-order valence-corrected chi connectivity index (χ4v) is 7.10. The number of rotatable bonds is 5. The highest BCUT2D eigenvalue weighted by Crippen LogP contribution is 2.43. The van der Waals surface area contributed by atoms with Crippen LogP contribution in [-0.4, -0.2) is 21.4 Å². The number of carbonyl (C=O) groups is 2. The van der Waals surface area contributed by atoms with Crippen LogP contribution in [0.25, 0.3) is 60.9 Å². The zero-order valence-corrected chi connectivity index (χ0v) is 25.7. The molecule has 6 aromatic carbocycles. The average Bonchev–Trinajstić information content (AvgIpc) is 3.63. The standard InChI is InChI=1S/C43H27N3O2/c47-42-34-19-10-22-39(45-36-20-8-7-17-33(36)40-32(18-9-21-38(40)45)31-16-11-25-44-27-31)41(34)43(48)46(42)37-24-23-30(28-12-3-1-4-13-28)26-35(37)29-14-5-2-6-15-29/h1-27H. The number of nitrogens with zero attached hydrogens (tertiary/aromatic N) is 3. The number of anilines is 1. The summed E-state index contributed by atoms with van der Waals surface area (Å²) in [5.41, 5.74) is 9.76. The Labute approximate surface area is 277 Å². The van der Waals surface area contributed by atoms with E-state index in [1.165, 1.54) is 4.90 Å². The second-order valence-corrected chi connectivity index (χ2v) is 11.9. The molecule has 0 radical (unpaired) electrons. The van der Waals surface area contributed by atoms with Crippen LogP contribution in [0, 0.1) is 0 Å². The molecule has 0 unspecified atom stereocenters. The summed E-state index contributed by atoms with van der Waals surface area (Å²) in [5, 5.41) is 2.12. The molecule has 0 saturated heterocycles. The predicted octanol–water partition coefficient (Wildman–Crippen LogP) is 9.98. The van der Waals surface area contributed by atoms with Crippen molar-refractivity contribution in [2.75, 3.05) is 4.90 Å². The number of aromatic nitrogens is 2. The molecule has 1 aliphatic rings. The van der Waals surface area contributed by atoms with Crippen molar-refractivity contribution in [3.63, 3.8) is 0 Å². The van der Waals surface area contributed by atoms with Gasteiger partial charge in [-0.05, 0) is 64.7 Å². The van der Waals surface area contributed by atoms with Crippen LogP contribution in [0.15, 0.2) is 164 Å². The van der Waals surface area contributed by atoms with E-state index in [9.17, 15) is 9.59 Å². The van der Waals surface area contributed by atoms with Gasteiger partial charge in [-0.1, -0.05) is 109 Å². The van der Waals surface area contributed by atoms with E-state index < -0.39 is 0 Å². The number of pyridine rings is 1. The number of fused-ring (bicyclic) bond motifs is 4. The predicted molar refractivity (Wildman–Crippen MR) is 192 cm³/mol. The fraction of sp³-hybridized carbons (Fsp3) is 0. The molecule has 0 N–H and O–H groups in total. The fourth-order valence-electron chi connectivity index (χ4n) is 7.10. The van der Waals surface area contributed by atoms with Gasteiger partial charge in [-0.25, -0.2) is 4.90 Å². The molecule has 0 saturated carbocycles. The molecule has 5 nitrogen and oxygen atoms in total. The van der Waals surface area contributed by atoms with Gasteiger partial charge in [0.25, 0.3) is 11.8 Å². The number of hydrogen-bond acceptors (Lipinski definition) is 3. The van der Waals surface area contributed by atoms with Crippen LogP contribution in [0.3, 0.4) is 0 Å². The van der Waals surface area contributed by atoms with E-state index in [4.69, 9.17) is 0 Å². The minimum absolute atomic E-state index is 0.335. The number of imide groups is 1. The Morgan fingerprint density at radius 2 is 1.15 bits per heavy atom. The second-order valence-electron chi connectivity index (χ2n) is 11.9. The summed E-state index contributed by atoms with van der Waals surface area (Å²) >= 11 is 0. The van der Waals surface area contributed by atoms with Crippen LogP contribution in [0.5, 0.6) is 0 Å². The van der Waals surface area contributed by atoms with Crippen molar-refractivity contribution in [2.45, 2.75) is 0 Å². The molecule has 0 spiro atoms. The monoisotopic (exact) mass is 617 g/mol. The Morgan fingerprint density at radius 1 is 0.458 bits per heavy atom. The molecule has 0 bridgehead atoms. The van der Waals surface area contributed by atoms with Gasteiger partial charge in [0.1, 0.15) is 0 Å². The summed E-state index contributed by atoms with van der Waals surface area (Å²) in [4.78, 5) is 34.7. The zero-order chi connectivity index (χ0) is 32.2. The van der Waals surface area contributed by atoms with Crippen molar-refractivity contribution in [1.82, 2.24) is 9.55 Å². The van der Waals surface area contributed by atoms with Gasteiger partial charge >= 0.3 is 0 Å². The van der Waals surface area contributed by atoms with Crippen molar-refractivity contribution in [3.8, 4) is 39.1 Å². The summed E-state index contributed by atoms with van der Waals surface area (Å²) in [6.45, 7) is 0. The average molecular weight is 618 g/mol. The van der Waals surface area contributed by atoms with Crippen LogP contribution >= 0.6 is 0 Å². The van der Waals surface area contributed by atoms with E-state index in [2.05, 4.69) is 58.1 Å². The summed E-state index contributed by atoms with van der Waals surface area (Å²) < 4.78 is 2.12. The van der Waals surface area contributed by atoms with Crippen molar-refractivity contribution in [3.05, 3.63) is 175 Å². The van der Waals surface area contributed by atoms with Crippen molar-refractivity contribution >= 4 is 39.3 Å². The molecule has 3 heterocycles. The molecule has 1 aliphatic heterocycles. The molecule has 2 aromatic heterocycles. The third-order valence-electron chi connectivity index (χ3n) is 9.23. The van der Waals surface area contributed by atoms with Crippen molar-refractivity contribution in [2.24, 2.45) is 0 Å². The highest BCUT2D eigenvalue weighted by Gasteiger charge is 2.40. The second kappa shape index (κ2) is 11.0. The molecule has 2 amide bonds. The first-order valence-electron chi connectivity index (χ1n) is 15.9. The lowest BCUT2D eigenvalue weighted by atomic mass is 9.97. The molecule has 0 atom stereocenters. The van der Waals surface area contributed by atoms with Crippen LogP contribution < -0.4 is 4.90 Å². The van der Waals surface area contributed by atoms with Crippen molar-refractivity contribution < 1.29 is 9.59 Å². The van der Waals surface area contributed by atoms with E-state index in [1.54, 1.807) is 12.3 Å². The highest BCUT2D eigenvalue weighted by atomic mass is 16.2. The lowest BCUT2D eigenvalue weighted by Gasteiger charge is -2.20. The van der Waals surface area contributed by atoms with Gasteiger partial charge in [0, 0.05) is 34.3 Å². The Bertz CT molecular complexity index is 2540. The van der Waals surface area contributed by atoms with E-state index in [0.717, 1.165) is 55.2 Å². The molecule has 48 heavy (non-hydrogen) atoms. The highest BCUT2D eigenvalue weighted by molar-refractivity contribution is 6.36. The minimum atomic E-state index is -0.343. The lowest BCUT2D eigenvalue weighted by Crippen LogP contribution is -2.30. The maximum atomic E-state index is 14.7. The van der Waals surface area contributed by atoms with Gasteiger partial charge in [-0.2, -0.15) is 0 Å². The first-order valence-corrected chi connectivity index (χ1v) is 15.9. The summed E-state index contributed by atoms with van der Waals surface area (Å²) in [6.07, 6.45) is 3.64. The van der Waals surface area contributed by atoms with E-state index in [-0.39, 0.29) is 11.8 Å². The number of carbonyl (C=O) groups excluding carboxylic acids is 2. The van der Waals surface area contributed by atoms with Gasteiger partial charge in [-0.15, -0.1) is 0 Å². The topological polar surface area (TPSA) is 55.2 Å². The molecule has 226 valence electrons. The quantitative estimate of drug-likeness (QED) is 0.181. The minimum Gasteiger partial charge on any atom is -0.308 e. The number of benzene rings is 6. The first-order chi connectivity index (χ1) is 23.7. The smallest absolute Gasteiger partial charge is 0.268 e. The normalized spacial score (nSPS) is 12.6. The van der Waals surface area contributed by atoms with Gasteiger partial charge in [0.2, 0.25) is 0 Å². The summed E-state index contributed by atoms with van der Waals surface area (Å²) in [5.74, 6) is -0.678. The molecule has 9 rings (SSSR count). The Morgan fingerprint density at radius 3 is 1.94 bits per heavy atom. The van der Waals surface area contributed by atoms with E-state index in [1.807, 2.05) is 103 Å². The van der Waals surface area contributed by atoms with Crippen LogP contribution in [0.4, 0.5) is 5.69 Å². The molecule has 0 fully saturated rings. The van der Waals surface area contributed by atoms with Gasteiger partial charge in [-0.3, -0.25) is 14.6 Å². The maximum absolute atomic E-state index is 14.7. The van der Waals surface area contributed by atoms with Gasteiger partial charge < -0.3 is 4.57 Å². The third kappa shape index (κ3) is 4.22. The van der Waals surface area contributed by atoms with Crippen LogP contribution in [-0.2, 0) is 0 Å². The molecular formula is C43H27N3O2. The zero-order valence-electron chi connectivity index (χ0n) is 25.7. The van der Waals surface area contributed by atoms with Crippen molar-refractivity contribution in [1.29, 1.82) is 0 Å². The SMILES string of the molecule is O=C1c2cccc(-n3c4ccccc4c4c(-c5cccnc5)cccc43)c2C(=O)N1c1ccc(-c2ccccc2)cc1-c1ccccc1. The van der Waals surface area contributed by atoms with E-state index >= 15 is 0 Å². The maximum Gasteiger partial charge on any atom is 0.268 e. The van der Waals surface area contributed by atoms with Crippen LogP contribution in [0.1, 0.15) is 20.7 Å². The van der Waals surface area contributed by atoms with E-state index in [0.29, 0.717) is 22.5 Å². The Kier molecular flexibility index (Phi) is 6.37. The molecule has 8 aromatic rings.